The Morgan fingerprint density at radius 1 is 1.06 bits per heavy atom. The molecular formula is C24H39N3O4. The molecule has 1 aromatic carbocycles. The summed E-state index contributed by atoms with van der Waals surface area (Å²) in [6.07, 6.45) is 1.15. The maximum absolute atomic E-state index is 13.2. The lowest BCUT2D eigenvalue weighted by Crippen LogP contribution is -2.50. The first kappa shape index (κ1) is 26.5. The van der Waals surface area contributed by atoms with Crippen molar-refractivity contribution in [2.45, 2.75) is 85.9 Å². The Morgan fingerprint density at radius 2 is 1.71 bits per heavy atom. The first-order valence-corrected chi connectivity index (χ1v) is 11.0. The van der Waals surface area contributed by atoms with Crippen LogP contribution < -0.4 is 10.6 Å². The van der Waals surface area contributed by atoms with Crippen LogP contribution in [0, 0.1) is 13.8 Å². The fraction of sp³-hybridized carbons (Fsp3) is 0.625. The van der Waals surface area contributed by atoms with Gasteiger partial charge in [-0.05, 0) is 71.6 Å². The molecule has 2 N–H and O–H groups in total. The van der Waals surface area contributed by atoms with Gasteiger partial charge in [-0.3, -0.25) is 9.59 Å². The summed E-state index contributed by atoms with van der Waals surface area (Å²) in [4.78, 5) is 39.8. The zero-order valence-electron chi connectivity index (χ0n) is 20.3. The molecule has 7 heteroatoms. The molecule has 0 heterocycles. The van der Waals surface area contributed by atoms with Crippen molar-refractivity contribution in [3.8, 4) is 0 Å². The average Bonchev–Trinajstić information content (AvgIpc) is 2.65. The van der Waals surface area contributed by atoms with Crippen LogP contribution in [0.2, 0.25) is 0 Å². The molecule has 3 amide bonds. The highest BCUT2D eigenvalue weighted by molar-refractivity contribution is 5.90. The van der Waals surface area contributed by atoms with Crippen LogP contribution in [0.5, 0.6) is 0 Å². The summed E-state index contributed by atoms with van der Waals surface area (Å²) in [5, 5.41) is 5.47. The molecule has 174 valence electrons. The lowest BCUT2D eigenvalue weighted by Gasteiger charge is -2.35. The van der Waals surface area contributed by atoms with Crippen LogP contribution in [0.25, 0.3) is 0 Å². The van der Waals surface area contributed by atoms with Gasteiger partial charge in [-0.15, -0.1) is 0 Å². The highest BCUT2D eigenvalue weighted by Gasteiger charge is 2.33. The minimum atomic E-state index is -0.788. The first-order chi connectivity index (χ1) is 14.4. The maximum Gasteiger partial charge on any atom is 0.408 e. The van der Waals surface area contributed by atoms with E-state index in [4.69, 9.17) is 4.74 Å². The zero-order valence-corrected chi connectivity index (χ0v) is 20.3. The van der Waals surface area contributed by atoms with E-state index >= 15 is 0 Å². The van der Waals surface area contributed by atoms with E-state index in [1.165, 1.54) is 4.90 Å². The predicted molar refractivity (Wildman–Crippen MR) is 123 cm³/mol. The van der Waals surface area contributed by atoms with Crippen molar-refractivity contribution in [3.05, 3.63) is 34.9 Å². The number of nitrogens with one attached hydrogen (secondary N) is 2. The second-order valence-corrected chi connectivity index (χ2v) is 9.14. The monoisotopic (exact) mass is 433 g/mol. The van der Waals surface area contributed by atoms with Crippen molar-refractivity contribution in [3.63, 3.8) is 0 Å². The van der Waals surface area contributed by atoms with Crippen molar-refractivity contribution >= 4 is 17.9 Å². The number of aryl methyl sites for hydroxylation is 2. The summed E-state index contributed by atoms with van der Waals surface area (Å²) in [5.74, 6) is -0.578. The predicted octanol–water partition coefficient (Wildman–Crippen LogP) is 4.02. The van der Waals surface area contributed by atoms with E-state index in [9.17, 15) is 14.4 Å². The molecule has 1 aromatic rings. The Bertz CT molecular complexity index is 769. The molecule has 1 atom stereocenters. The van der Waals surface area contributed by atoms with Crippen molar-refractivity contribution in [1.82, 2.24) is 15.5 Å². The molecular weight excluding hydrogens is 394 g/mol. The second kappa shape index (κ2) is 11.7. The molecule has 0 saturated carbocycles. The molecule has 7 nitrogen and oxygen atoms in total. The molecule has 1 unspecified atom stereocenters. The van der Waals surface area contributed by atoms with Gasteiger partial charge in [-0.1, -0.05) is 31.5 Å². The standard InChI is InChI=1S/C24H39N3O4/c1-9-10-13-25-22(29)21(19-12-11-17(4)18(5)14-19)27(16(2)3)20(28)15-26-23(30)31-24(6,7)8/h11-12,14,16,21H,9-10,13,15H2,1-8H3,(H,25,29)(H,26,30). The fourth-order valence-electron chi connectivity index (χ4n) is 3.14. The molecule has 0 radical (unpaired) electrons. The smallest absolute Gasteiger partial charge is 0.408 e. The highest BCUT2D eigenvalue weighted by Crippen LogP contribution is 2.26. The van der Waals surface area contributed by atoms with Gasteiger partial charge in [-0.2, -0.15) is 0 Å². The molecule has 31 heavy (non-hydrogen) atoms. The highest BCUT2D eigenvalue weighted by atomic mass is 16.6. The van der Waals surface area contributed by atoms with Gasteiger partial charge in [0, 0.05) is 12.6 Å². The number of hydrogen-bond donors (Lipinski definition) is 2. The number of unbranched alkanes of at least 4 members (excludes halogenated alkanes) is 1. The Kier molecular flexibility index (Phi) is 10.0. The summed E-state index contributed by atoms with van der Waals surface area (Å²) in [6, 6.07) is 4.75. The number of carbonyl (C=O) groups excluding carboxylic acids is 3. The topological polar surface area (TPSA) is 87.7 Å². The summed E-state index contributed by atoms with van der Waals surface area (Å²) in [6.45, 7) is 15.3. The van der Waals surface area contributed by atoms with Crippen molar-refractivity contribution < 1.29 is 19.1 Å². The number of nitrogens with zero attached hydrogens (tertiary/aromatic N) is 1. The van der Waals surface area contributed by atoms with Gasteiger partial charge < -0.3 is 20.3 Å². The van der Waals surface area contributed by atoms with Gasteiger partial charge in [0.05, 0.1) is 0 Å². The molecule has 1 rings (SSSR count). The number of ether oxygens (including phenoxy) is 1. The number of carbonyl (C=O) groups is 3. The average molecular weight is 434 g/mol. The van der Waals surface area contributed by atoms with E-state index in [1.54, 1.807) is 20.8 Å². The lowest BCUT2D eigenvalue weighted by molar-refractivity contribution is -0.142. The number of rotatable bonds is 9. The number of amides is 3. The molecule has 0 aliphatic carbocycles. The van der Waals surface area contributed by atoms with Gasteiger partial charge >= 0.3 is 6.09 Å². The molecule has 0 aromatic heterocycles. The van der Waals surface area contributed by atoms with Gasteiger partial charge in [0.15, 0.2) is 0 Å². The third kappa shape index (κ3) is 8.59. The van der Waals surface area contributed by atoms with Crippen LogP contribution >= 0.6 is 0 Å². The van der Waals surface area contributed by atoms with E-state index in [0.29, 0.717) is 6.54 Å². The van der Waals surface area contributed by atoms with Crippen molar-refractivity contribution in [1.29, 1.82) is 0 Å². The van der Waals surface area contributed by atoms with E-state index < -0.39 is 17.7 Å². The third-order valence-electron chi connectivity index (χ3n) is 4.83. The van der Waals surface area contributed by atoms with Crippen molar-refractivity contribution in [2.24, 2.45) is 0 Å². The Balaban J connectivity index is 3.16. The SMILES string of the molecule is CCCCNC(=O)C(c1ccc(C)c(C)c1)N(C(=O)CNC(=O)OC(C)(C)C)C(C)C. The first-order valence-electron chi connectivity index (χ1n) is 11.0. The molecule has 0 aliphatic heterocycles. The Morgan fingerprint density at radius 3 is 2.23 bits per heavy atom. The zero-order chi connectivity index (χ0) is 23.8. The Labute approximate surface area is 186 Å². The minimum absolute atomic E-state index is 0.226. The van der Waals surface area contributed by atoms with Gasteiger partial charge in [0.1, 0.15) is 18.2 Å². The van der Waals surface area contributed by atoms with E-state index in [2.05, 4.69) is 17.6 Å². The quantitative estimate of drug-likeness (QED) is 0.576. The molecule has 0 bridgehead atoms. The second-order valence-electron chi connectivity index (χ2n) is 9.14. The summed E-state index contributed by atoms with van der Waals surface area (Å²) >= 11 is 0. The van der Waals surface area contributed by atoms with Crippen LogP contribution in [-0.2, 0) is 14.3 Å². The van der Waals surface area contributed by atoms with Gasteiger partial charge in [-0.25, -0.2) is 4.79 Å². The van der Waals surface area contributed by atoms with Crippen LogP contribution in [0.4, 0.5) is 4.79 Å². The fourth-order valence-corrected chi connectivity index (χ4v) is 3.14. The minimum Gasteiger partial charge on any atom is -0.444 e. The molecule has 0 spiro atoms. The summed E-state index contributed by atoms with van der Waals surface area (Å²) in [7, 11) is 0. The number of benzene rings is 1. The van der Waals surface area contributed by atoms with Crippen LogP contribution in [0.15, 0.2) is 18.2 Å². The van der Waals surface area contributed by atoms with Gasteiger partial charge in [0.2, 0.25) is 11.8 Å². The summed E-state index contributed by atoms with van der Waals surface area (Å²) < 4.78 is 5.22. The lowest BCUT2D eigenvalue weighted by atomic mass is 9.98. The Hall–Kier alpha value is -2.57. The molecule has 0 fully saturated rings. The van der Waals surface area contributed by atoms with Crippen LogP contribution in [0.1, 0.15) is 77.1 Å². The van der Waals surface area contributed by atoms with E-state index in [-0.39, 0.29) is 24.4 Å². The van der Waals surface area contributed by atoms with Crippen molar-refractivity contribution in [2.75, 3.05) is 13.1 Å². The number of alkyl carbamates (subject to hydrolysis) is 1. The third-order valence-corrected chi connectivity index (χ3v) is 4.83. The normalized spacial score (nSPS) is 12.3. The number of hydrogen-bond acceptors (Lipinski definition) is 4. The molecule has 0 saturated heterocycles. The van der Waals surface area contributed by atoms with Crippen LogP contribution in [0.3, 0.4) is 0 Å². The van der Waals surface area contributed by atoms with E-state index in [0.717, 1.165) is 29.5 Å². The molecule has 0 aliphatic rings. The largest absolute Gasteiger partial charge is 0.444 e. The van der Waals surface area contributed by atoms with Gasteiger partial charge in [0.25, 0.3) is 0 Å². The van der Waals surface area contributed by atoms with E-state index in [1.807, 2.05) is 45.9 Å². The van der Waals surface area contributed by atoms with Crippen LogP contribution in [-0.4, -0.2) is 47.5 Å². The summed E-state index contributed by atoms with van der Waals surface area (Å²) in [5.41, 5.74) is 2.25. The maximum atomic E-state index is 13.2.